The summed E-state index contributed by atoms with van der Waals surface area (Å²) in [6.45, 7) is 2.21. The van der Waals surface area contributed by atoms with Gasteiger partial charge in [0, 0.05) is 21.1 Å². The summed E-state index contributed by atoms with van der Waals surface area (Å²) < 4.78 is 0. The summed E-state index contributed by atoms with van der Waals surface area (Å²) >= 11 is 0. The van der Waals surface area contributed by atoms with Crippen molar-refractivity contribution in [2.45, 2.75) is 32.2 Å². The zero-order valence-corrected chi connectivity index (χ0v) is 9.03. The molecule has 0 bridgehead atoms. The van der Waals surface area contributed by atoms with Crippen LogP contribution in [0, 0.1) is 5.92 Å². The van der Waals surface area contributed by atoms with E-state index in [-0.39, 0.29) is 21.1 Å². The molecule has 2 nitrogen and oxygen atoms in total. The third-order valence-electron chi connectivity index (χ3n) is 1.96. The second-order valence-corrected chi connectivity index (χ2v) is 2.86. The monoisotopic (exact) mass is 310 g/mol. The van der Waals surface area contributed by atoms with Crippen LogP contribution in [0.3, 0.4) is 0 Å². The third kappa shape index (κ3) is 2.83. The van der Waals surface area contributed by atoms with Crippen LogP contribution in [-0.2, 0) is 25.9 Å². The Balaban J connectivity index is 0.000000810. The molecule has 10 heavy (non-hydrogen) atoms. The molecule has 0 heterocycles. The van der Waals surface area contributed by atoms with E-state index in [1.54, 1.807) is 6.41 Å². The Hall–Kier alpha value is 0.158. The topological polar surface area (TPSA) is 29.1 Å². The van der Waals surface area contributed by atoms with E-state index in [2.05, 4.69) is 12.2 Å². The first kappa shape index (κ1) is 10.2. The van der Waals surface area contributed by atoms with Gasteiger partial charge < -0.3 is 10.1 Å². The van der Waals surface area contributed by atoms with Crippen LogP contribution in [0.15, 0.2) is 0 Å². The smallest absolute Gasteiger partial charge is 0 e. The largest absolute Gasteiger partial charge is 0.527 e. The minimum absolute atomic E-state index is 0. The van der Waals surface area contributed by atoms with Crippen molar-refractivity contribution in [1.82, 2.24) is 5.32 Å². The molecule has 1 saturated carbocycles. The number of carbonyl (C=O) groups excluding carboxylic acids is 1. The first-order valence-electron chi connectivity index (χ1n) is 3.45. The maximum Gasteiger partial charge on any atom is 0 e. The molecule has 3 heteroatoms. The van der Waals surface area contributed by atoms with Crippen molar-refractivity contribution < 1.29 is 25.9 Å². The van der Waals surface area contributed by atoms with Crippen molar-refractivity contribution in [3.8, 4) is 0 Å². The first-order chi connectivity index (χ1) is 4.33. The molecule has 2 unspecified atom stereocenters. The number of rotatable bonds is 2. The molecule has 1 aliphatic carbocycles. The maximum atomic E-state index is 9.83. The van der Waals surface area contributed by atoms with Crippen LogP contribution in [0.1, 0.15) is 26.2 Å². The molecule has 0 radical (unpaired) electrons. The van der Waals surface area contributed by atoms with Gasteiger partial charge in [-0.3, -0.25) is 0 Å². The van der Waals surface area contributed by atoms with Crippen LogP contribution in [0.5, 0.6) is 0 Å². The zero-order chi connectivity index (χ0) is 6.69. The number of hydrogen-bond acceptors (Lipinski definition) is 1. The van der Waals surface area contributed by atoms with Crippen LogP contribution in [0.25, 0.3) is 0 Å². The molecule has 0 aromatic heterocycles. The number of nitrogens with one attached hydrogen (secondary N) is 1. The van der Waals surface area contributed by atoms with Crippen LogP contribution >= 0.6 is 0 Å². The molecule has 0 aromatic rings. The molecule has 0 spiro atoms. The molecular formula is C7H12NOW-. The Kier molecular flexibility index (Phi) is 4.97. The van der Waals surface area contributed by atoms with Gasteiger partial charge in [0.05, 0.1) is 0 Å². The van der Waals surface area contributed by atoms with E-state index in [4.69, 9.17) is 0 Å². The second-order valence-electron chi connectivity index (χ2n) is 2.86. The molecule has 1 N–H and O–H groups in total. The van der Waals surface area contributed by atoms with Crippen LogP contribution < -0.4 is 5.32 Å². The molecular weight excluding hydrogens is 298 g/mol. The Bertz CT molecular complexity index is 108. The van der Waals surface area contributed by atoms with E-state index in [1.165, 1.54) is 6.42 Å². The number of hydrogen-bond donors (Lipinski definition) is 1. The van der Waals surface area contributed by atoms with E-state index in [1.807, 2.05) is 0 Å². The Morgan fingerprint density at radius 3 is 2.60 bits per heavy atom. The van der Waals surface area contributed by atoms with Crippen molar-refractivity contribution >= 4 is 6.41 Å². The fourth-order valence-corrected chi connectivity index (χ4v) is 1.42. The average molecular weight is 310 g/mol. The van der Waals surface area contributed by atoms with Gasteiger partial charge in [-0.05, 0) is 31.2 Å². The van der Waals surface area contributed by atoms with E-state index < -0.39 is 0 Å². The van der Waals surface area contributed by atoms with Gasteiger partial charge in [-0.2, -0.15) is 6.41 Å². The summed E-state index contributed by atoms with van der Waals surface area (Å²) in [4.78, 5) is 9.83. The number of amides is 1. The fraction of sp³-hybridized carbons (Fsp3) is 0.857. The summed E-state index contributed by atoms with van der Waals surface area (Å²) in [6.07, 6.45) is 5.25. The van der Waals surface area contributed by atoms with Gasteiger partial charge in [-0.25, -0.2) is 0 Å². The minimum Gasteiger partial charge on any atom is -0.527 e. The van der Waals surface area contributed by atoms with E-state index in [0.717, 1.165) is 18.8 Å². The third-order valence-corrected chi connectivity index (χ3v) is 1.96. The van der Waals surface area contributed by atoms with Crippen molar-refractivity contribution in [2.75, 3.05) is 0 Å². The molecule has 0 aromatic carbocycles. The van der Waals surface area contributed by atoms with E-state index in [0.29, 0.717) is 6.04 Å². The van der Waals surface area contributed by atoms with Gasteiger partial charge in [0.2, 0.25) is 0 Å². The zero-order valence-electron chi connectivity index (χ0n) is 6.09. The van der Waals surface area contributed by atoms with Gasteiger partial charge in [0.15, 0.2) is 0 Å². The van der Waals surface area contributed by atoms with Gasteiger partial charge in [0.25, 0.3) is 0 Å². The Morgan fingerprint density at radius 1 is 1.50 bits per heavy atom. The SMILES string of the molecule is CC1CCC(N[C-]=O)C1.[W]. The summed E-state index contributed by atoms with van der Waals surface area (Å²) in [5, 5.41) is 2.67. The quantitative estimate of drug-likeness (QED) is 0.594. The molecule has 1 aliphatic rings. The molecule has 2 atom stereocenters. The maximum absolute atomic E-state index is 9.83. The normalized spacial score (nSPS) is 30.9. The van der Waals surface area contributed by atoms with Crippen molar-refractivity contribution in [2.24, 2.45) is 5.92 Å². The van der Waals surface area contributed by atoms with Gasteiger partial charge in [0.1, 0.15) is 0 Å². The minimum atomic E-state index is 0. The molecule has 1 rings (SSSR count). The second kappa shape index (κ2) is 4.90. The molecule has 1 amide bonds. The fourth-order valence-electron chi connectivity index (χ4n) is 1.42. The van der Waals surface area contributed by atoms with Crippen molar-refractivity contribution in [3.05, 3.63) is 0 Å². The Labute approximate surface area is 76.0 Å². The Morgan fingerprint density at radius 2 is 2.20 bits per heavy atom. The predicted octanol–water partition coefficient (Wildman–Crippen LogP) is 0.829. The van der Waals surface area contributed by atoms with Gasteiger partial charge in [-0.15, -0.1) is 0 Å². The van der Waals surface area contributed by atoms with E-state index in [9.17, 15) is 4.79 Å². The summed E-state index contributed by atoms with van der Waals surface area (Å²) in [5.41, 5.74) is 0. The van der Waals surface area contributed by atoms with Gasteiger partial charge >= 0.3 is 0 Å². The predicted molar refractivity (Wildman–Crippen MR) is 35.6 cm³/mol. The van der Waals surface area contributed by atoms with Gasteiger partial charge in [-0.1, -0.05) is 6.92 Å². The van der Waals surface area contributed by atoms with Crippen molar-refractivity contribution in [1.29, 1.82) is 0 Å². The molecule has 0 saturated heterocycles. The molecule has 0 aliphatic heterocycles. The molecule has 1 fully saturated rings. The van der Waals surface area contributed by atoms with Crippen LogP contribution in [0.2, 0.25) is 0 Å². The van der Waals surface area contributed by atoms with Crippen molar-refractivity contribution in [3.63, 3.8) is 0 Å². The standard InChI is InChI=1S/C7H12NO.W/c1-6-2-3-7(4-6)8-5-9;/h6-7H,2-4H2,1H3,(H,8,9);/q-1;. The van der Waals surface area contributed by atoms with Crippen LogP contribution in [0.4, 0.5) is 0 Å². The summed E-state index contributed by atoms with van der Waals surface area (Å²) in [7, 11) is 0. The molecule has 58 valence electrons. The first-order valence-corrected chi connectivity index (χ1v) is 3.45. The van der Waals surface area contributed by atoms with Crippen LogP contribution in [-0.4, -0.2) is 12.5 Å². The van der Waals surface area contributed by atoms with E-state index >= 15 is 0 Å². The summed E-state index contributed by atoms with van der Waals surface area (Å²) in [5.74, 6) is 0.788. The summed E-state index contributed by atoms with van der Waals surface area (Å²) in [6, 6.07) is 0.414. The average Bonchev–Trinajstić information content (AvgIpc) is 2.17.